The fraction of sp³-hybridized carbons (Fsp3) is 0.353. The molecule has 0 aliphatic rings. The Morgan fingerprint density at radius 3 is 2.57 bits per heavy atom. The Balaban J connectivity index is 1.93. The van der Waals surface area contributed by atoms with Crippen LogP contribution in [0, 0.1) is 0 Å². The summed E-state index contributed by atoms with van der Waals surface area (Å²) < 4.78 is 5.78. The molecule has 0 aliphatic heterocycles. The summed E-state index contributed by atoms with van der Waals surface area (Å²) in [6.45, 7) is 5.55. The Labute approximate surface area is 125 Å². The summed E-state index contributed by atoms with van der Waals surface area (Å²) in [5.41, 5.74) is 5.25. The van der Waals surface area contributed by atoms with Crippen molar-refractivity contribution in [3.8, 4) is 5.75 Å². The quantitative estimate of drug-likeness (QED) is 0.850. The lowest BCUT2D eigenvalue weighted by atomic mass is 10.1. The van der Waals surface area contributed by atoms with Gasteiger partial charge in [-0.05, 0) is 36.8 Å². The number of fused-ring (bicyclic) bond motifs is 1. The molecule has 0 fully saturated rings. The van der Waals surface area contributed by atoms with Gasteiger partial charge in [0.05, 0.1) is 6.54 Å². The smallest absolute Gasteiger partial charge is 0.231 e. The molecule has 0 aliphatic carbocycles. The zero-order valence-electron chi connectivity index (χ0n) is 12.6. The summed E-state index contributed by atoms with van der Waals surface area (Å²) in [4.78, 5) is 13.0. The predicted molar refractivity (Wildman–Crippen MR) is 85.3 cm³/mol. The van der Waals surface area contributed by atoms with E-state index in [1.807, 2.05) is 49.1 Å². The molecule has 4 heteroatoms. The van der Waals surface area contributed by atoms with Gasteiger partial charge in [0, 0.05) is 12.6 Å². The highest BCUT2D eigenvalue weighted by Crippen LogP contribution is 2.20. The summed E-state index contributed by atoms with van der Waals surface area (Å²) in [7, 11) is 0. The molecule has 0 aromatic heterocycles. The van der Waals surface area contributed by atoms with Crippen LogP contribution in [-0.2, 0) is 4.79 Å². The van der Waals surface area contributed by atoms with Gasteiger partial charge in [-0.25, -0.2) is 0 Å². The normalized spacial score (nSPS) is 11.2. The molecule has 4 nitrogen and oxygen atoms in total. The molecular weight excluding hydrogens is 264 g/mol. The van der Waals surface area contributed by atoms with Crippen molar-refractivity contribution < 1.29 is 9.53 Å². The van der Waals surface area contributed by atoms with Crippen LogP contribution in [0.5, 0.6) is 5.75 Å². The van der Waals surface area contributed by atoms with Crippen LogP contribution in [0.4, 0.5) is 0 Å². The zero-order chi connectivity index (χ0) is 15.2. The second-order valence-corrected chi connectivity index (χ2v) is 5.39. The van der Waals surface area contributed by atoms with Crippen molar-refractivity contribution in [3.63, 3.8) is 0 Å². The maximum atomic E-state index is 11.0. The monoisotopic (exact) mass is 286 g/mol. The molecule has 0 heterocycles. The van der Waals surface area contributed by atoms with Crippen molar-refractivity contribution in [1.82, 2.24) is 4.90 Å². The third kappa shape index (κ3) is 4.46. The van der Waals surface area contributed by atoms with Gasteiger partial charge >= 0.3 is 0 Å². The summed E-state index contributed by atoms with van der Waals surface area (Å²) in [6.07, 6.45) is 0. The number of hydrogen-bond acceptors (Lipinski definition) is 3. The SMILES string of the molecule is CC(C)N(CCOc1ccc2ccccc2c1)CC(N)=O. The van der Waals surface area contributed by atoms with Crippen LogP contribution in [-0.4, -0.2) is 36.5 Å². The van der Waals surface area contributed by atoms with E-state index in [2.05, 4.69) is 12.1 Å². The van der Waals surface area contributed by atoms with Crippen LogP contribution in [0.3, 0.4) is 0 Å². The van der Waals surface area contributed by atoms with Crippen LogP contribution in [0.25, 0.3) is 10.8 Å². The number of ether oxygens (including phenoxy) is 1. The summed E-state index contributed by atoms with van der Waals surface area (Å²) in [6, 6.07) is 14.5. The average molecular weight is 286 g/mol. The Hall–Kier alpha value is -2.07. The molecular formula is C17H22N2O2. The third-order valence-electron chi connectivity index (χ3n) is 3.46. The van der Waals surface area contributed by atoms with Crippen LogP contribution < -0.4 is 10.5 Å². The van der Waals surface area contributed by atoms with Gasteiger partial charge in [0.2, 0.25) is 5.91 Å². The fourth-order valence-corrected chi connectivity index (χ4v) is 2.26. The topological polar surface area (TPSA) is 55.6 Å². The lowest BCUT2D eigenvalue weighted by molar-refractivity contribution is -0.119. The highest BCUT2D eigenvalue weighted by Gasteiger charge is 2.11. The van der Waals surface area contributed by atoms with E-state index in [-0.39, 0.29) is 18.5 Å². The molecule has 0 bridgehead atoms. The van der Waals surface area contributed by atoms with Gasteiger partial charge in [-0.3, -0.25) is 9.69 Å². The van der Waals surface area contributed by atoms with E-state index in [0.29, 0.717) is 13.2 Å². The van der Waals surface area contributed by atoms with Crippen LogP contribution in [0.15, 0.2) is 42.5 Å². The summed E-state index contributed by atoms with van der Waals surface area (Å²) >= 11 is 0. The third-order valence-corrected chi connectivity index (χ3v) is 3.46. The Bertz CT molecular complexity index is 611. The van der Waals surface area contributed by atoms with Gasteiger partial charge in [-0.1, -0.05) is 30.3 Å². The first-order valence-electron chi connectivity index (χ1n) is 7.20. The molecule has 0 saturated carbocycles. The van der Waals surface area contributed by atoms with Crippen LogP contribution in [0.1, 0.15) is 13.8 Å². The van der Waals surface area contributed by atoms with E-state index in [0.717, 1.165) is 11.1 Å². The number of carbonyl (C=O) groups is 1. The van der Waals surface area contributed by atoms with Gasteiger partial charge in [-0.2, -0.15) is 0 Å². The molecule has 0 unspecified atom stereocenters. The van der Waals surface area contributed by atoms with Gasteiger partial charge in [0.15, 0.2) is 0 Å². The van der Waals surface area contributed by atoms with Crippen molar-refractivity contribution in [2.24, 2.45) is 5.73 Å². The van der Waals surface area contributed by atoms with Crippen molar-refractivity contribution in [3.05, 3.63) is 42.5 Å². The van der Waals surface area contributed by atoms with Crippen molar-refractivity contribution >= 4 is 16.7 Å². The molecule has 21 heavy (non-hydrogen) atoms. The Morgan fingerprint density at radius 2 is 1.90 bits per heavy atom. The number of amides is 1. The van der Waals surface area contributed by atoms with Crippen molar-refractivity contribution in [2.75, 3.05) is 19.7 Å². The molecule has 2 aromatic carbocycles. The van der Waals surface area contributed by atoms with Crippen molar-refractivity contribution in [2.45, 2.75) is 19.9 Å². The van der Waals surface area contributed by atoms with E-state index in [1.54, 1.807) is 0 Å². The number of nitrogens with zero attached hydrogens (tertiary/aromatic N) is 1. The minimum atomic E-state index is -0.311. The van der Waals surface area contributed by atoms with Crippen LogP contribution in [0.2, 0.25) is 0 Å². The predicted octanol–water partition coefficient (Wildman–Crippen LogP) is 2.41. The maximum Gasteiger partial charge on any atom is 0.231 e. The summed E-state index contributed by atoms with van der Waals surface area (Å²) in [5.74, 6) is 0.533. The van der Waals surface area contributed by atoms with E-state index in [1.165, 1.54) is 5.39 Å². The zero-order valence-corrected chi connectivity index (χ0v) is 12.6. The molecule has 0 spiro atoms. The molecule has 0 saturated heterocycles. The lowest BCUT2D eigenvalue weighted by Gasteiger charge is -2.24. The van der Waals surface area contributed by atoms with Gasteiger partial charge < -0.3 is 10.5 Å². The first-order valence-corrected chi connectivity index (χ1v) is 7.20. The highest BCUT2D eigenvalue weighted by molar-refractivity contribution is 5.83. The molecule has 2 aromatic rings. The van der Waals surface area contributed by atoms with Gasteiger partial charge in [0.1, 0.15) is 12.4 Å². The second-order valence-electron chi connectivity index (χ2n) is 5.39. The maximum absolute atomic E-state index is 11.0. The largest absolute Gasteiger partial charge is 0.492 e. The number of hydrogen-bond donors (Lipinski definition) is 1. The van der Waals surface area contributed by atoms with E-state index < -0.39 is 0 Å². The van der Waals surface area contributed by atoms with Gasteiger partial charge in [0.25, 0.3) is 0 Å². The fourth-order valence-electron chi connectivity index (χ4n) is 2.26. The number of carbonyl (C=O) groups excluding carboxylic acids is 1. The average Bonchev–Trinajstić information content (AvgIpc) is 2.45. The first-order chi connectivity index (χ1) is 10.1. The van der Waals surface area contributed by atoms with Crippen LogP contribution >= 0.6 is 0 Å². The number of benzene rings is 2. The second kappa shape index (κ2) is 7.09. The van der Waals surface area contributed by atoms with E-state index in [4.69, 9.17) is 10.5 Å². The van der Waals surface area contributed by atoms with Gasteiger partial charge in [-0.15, -0.1) is 0 Å². The van der Waals surface area contributed by atoms with E-state index in [9.17, 15) is 4.79 Å². The number of nitrogens with two attached hydrogens (primary N) is 1. The van der Waals surface area contributed by atoms with E-state index >= 15 is 0 Å². The molecule has 1 amide bonds. The summed E-state index contributed by atoms with van der Waals surface area (Å²) in [5, 5.41) is 2.36. The first kappa shape index (κ1) is 15.3. The lowest BCUT2D eigenvalue weighted by Crippen LogP contribution is -2.40. The molecule has 2 rings (SSSR count). The van der Waals surface area contributed by atoms with Crippen molar-refractivity contribution in [1.29, 1.82) is 0 Å². The molecule has 0 atom stereocenters. The minimum Gasteiger partial charge on any atom is -0.492 e. The number of primary amides is 1. The standard InChI is InChI=1S/C17H22N2O2/c1-13(2)19(12-17(18)20)9-10-21-16-8-7-14-5-3-4-6-15(14)11-16/h3-8,11,13H,9-10,12H2,1-2H3,(H2,18,20). The minimum absolute atomic E-state index is 0.262. The Kier molecular flexibility index (Phi) is 5.17. The molecule has 0 radical (unpaired) electrons. The Morgan fingerprint density at radius 1 is 1.19 bits per heavy atom. The highest BCUT2D eigenvalue weighted by atomic mass is 16.5. The number of rotatable bonds is 7. The molecule has 112 valence electrons. The molecule has 2 N–H and O–H groups in total.